The summed E-state index contributed by atoms with van der Waals surface area (Å²) < 4.78 is 0. The SMILES string of the molecule is CSc1ccccc1NC1=NCC(C)(C)CS1. The lowest BCUT2D eigenvalue weighted by Crippen LogP contribution is -2.27. The van der Waals surface area contributed by atoms with Gasteiger partial charge >= 0.3 is 0 Å². The second kappa shape index (κ2) is 5.36. The van der Waals surface area contributed by atoms with E-state index in [1.165, 1.54) is 4.90 Å². The van der Waals surface area contributed by atoms with Crippen molar-refractivity contribution in [2.45, 2.75) is 18.7 Å². The highest BCUT2D eigenvalue weighted by molar-refractivity contribution is 8.14. The number of hydrogen-bond acceptors (Lipinski definition) is 4. The quantitative estimate of drug-likeness (QED) is 0.820. The van der Waals surface area contributed by atoms with Crippen LogP contribution in [0.3, 0.4) is 0 Å². The largest absolute Gasteiger partial charge is 0.334 e. The van der Waals surface area contributed by atoms with Crippen LogP contribution in [-0.4, -0.2) is 23.7 Å². The summed E-state index contributed by atoms with van der Waals surface area (Å²) >= 11 is 3.57. The monoisotopic (exact) mass is 266 g/mol. The van der Waals surface area contributed by atoms with Crippen molar-refractivity contribution in [2.75, 3.05) is 23.9 Å². The Bertz CT molecular complexity index is 427. The van der Waals surface area contributed by atoms with E-state index in [1.807, 2.05) is 11.8 Å². The zero-order valence-corrected chi connectivity index (χ0v) is 12.1. The van der Waals surface area contributed by atoms with E-state index in [1.54, 1.807) is 11.8 Å². The molecular weight excluding hydrogens is 248 g/mol. The van der Waals surface area contributed by atoms with Crippen LogP contribution in [0.15, 0.2) is 34.2 Å². The van der Waals surface area contributed by atoms with E-state index in [4.69, 9.17) is 0 Å². The fourth-order valence-electron chi connectivity index (χ4n) is 1.58. The van der Waals surface area contributed by atoms with E-state index in [9.17, 15) is 0 Å². The fraction of sp³-hybridized carbons (Fsp3) is 0.462. The average molecular weight is 266 g/mol. The average Bonchev–Trinajstić information content (AvgIpc) is 2.32. The highest BCUT2D eigenvalue weighted by Crippen LogP contribution is 2.30. The molecule has 1 aliphatic rings. The van der Waals surface area contributed by atoms with Crippen molar-refractivity contribution in [3.8, 4) is 0 Å². The predicted octanol–water partition coefficient (Wildman–Crippen LogP) is 3.95. The number of para-hydroxylation sites is 1. The molecule has 0 bridgehead atoms. The van der Waals surface area contributed by atoms with Gasteiger partial charge in [0, 0.05) is 17.2 Å². The molecule has 92 valence electrons. The third-order valence-corrected chi connectivity index (χ3v) is 4.83. The van der Waals surface area contributed by atoms with Crippen molar-refractivity contribution >= 4 is 34.4 Å². The van der Waals surface area contributed by atoms with Crippen LogP contribution in [0.5, 0.6) is 0 Å². The minimum Gasteiger partial charge on any atom is -0.334 e. The van der Waals surface area contributed by atoms with Crippen molar-refractivity contribution in [2.24, 2.45) is 10.4 Å². The summed E-state index contributed by atoms with van der Waals surface area (Å²) in [6.45, 7) is 5.43. The minimum atomic E-state index is 0.328. The van der Waals surface area contributed by atoms with E-state index in [0.717, 1.165) is 23.2 Å². The summed E-state index contributed by atoms with van der Waals surface area (Å²) in [5.74, 6) is 1.13. The molecule has 0 atom stereocenters. The molecule has 1 aromatic rings. The van der Waals surface area contributed by atoms with Gasteiger partial charge in [-0.3, -0.25) is 4.99 Å². The first-order valence-corrected chi connectivity index (χ1v) is 7.89. The Hall–Kier alpha value is -0.610. The standard InChI is InChI=1S/C13H18N2S2/c1-13(2)8-14-12(17-9-13)15-10-6-4-5-7-11(10)16-3/h4-7H,8-9H2,1-3H3,(H,14,15). The maximum atomic E-state index is 4.61. The molecule has 0 fully saturated rings. The molecule has 17 heavy (non-hydrogen) atoms. The molecular formula is C13H18N2S2. The smallest absolute Gasteiger partial charge is 0.161 e. The Labute approximate surface area is 112 Å². The summed E-state index contributed by atoms with van der Waals surface area (Å²) in [6.07, 6.45) is 2.10. The summed E-state index contributed by atoms with van der Waals surface area (Å²) in [7, 11) is 0. The number of anilines is 1. The van der Waals surface area contributed by atoms with E-state index >= 15 is 0 Å². The molecule has 0 spiro atoms. The van der Waals surface area contributed by atoms with E-state index in [0.29, 0.717) is 5.41 Å². The van der Waals surface area contributed by atoms with Crippen molar-refractivity contribution in [1.29, 1.82) is 0 Å². The molecule has 0 aliphatic carbocycles. The van der Waals surface area contributed by atoms with E-state index in [-0.39, 0.29) is 0 Å². The van der Waals surface area contributed by atoms with Crippen LogP contribution in [0.4, 0.5) is 5.69 Å². The number of benzene rings is 1. The van der Waals surface area contributed by atoms with Gasteiger partial charge in [0.1, 0.15) is 0 Å². The van der Waals surface area contributed by atoms with Gasteiger partial charge in [0.2, 0.25) is 0 Å². The van der Waals surface area contributed by atoms with Crippen molar-refractivity contribution in [3.63, 3.8) is 0 Å². The third kappa shape index (κ3) is 3.42. The van der Waals surface area contributed by atoms with Crippen molar-refractivity contribution in [1.82, 2.24) is 0 Å². The maximum absolute atomic E-state index is 4.61. The lowest BCUT2D eigenvalue weighted by molar-refractivity contribution is 0.438. The molecule has 0 aromatic heterocycles. The van der Waals surface area contributed by atoms with Crippen LogP contribution >= 0.6 is 23.5 Å². The summed E-state index contributed by atoms with van der Waals surface area (Å²) in [4.78, 5) is 5.88. The number of thioether (sulfide) groups is 2. The summed E-state index contributed by atoms with van der Waals surface area (Å²) in [6, 6.07) is 8.36. The summed E-state index contributed by atoms with van der Waals surface area (Å²) in [5.41, 5.74) is 1.49. The Balaban J connectivity index is 2.09. The van der Waals surface area contributed by atoms with Crippen LogP contribution in [0.2, 0.25) is 0 Å². The Morgan fingerprint density at radius 2 is 2.12 bits per heavy atom. The Kier molecular flexibility index (Phi) is 4.05. The van der Waals surface area contributed by atoms with Gasteiger partial charge in [0.05, 0.1) is 5.69 Å². The van der Waals surface area contributed by atoms with Gasteiger partial charge in [-0.2, -0.15) is 0 Å². The van der Waals surface area contributed by atoms with Crippen LogP contribution in [0, 0.1) is 5.41 Å². The van der Waals surface area contributed by atoms with Crippen molar-refractivity contribution in [3.05, 3.63) is 24.3 Å². The Morgan fingerprint density at radius 3 is 2.76 bits per heavy atom. The number of nitrogens with zero attached hydrogens (tertiary/aromatic N) is 1. The molecule has 1 N–H and O–H groups in total. The van der Waals surface area contributed by atoms with Gasteiger partial charge in [-0.15, -0.1) is 11.8 Å². The topological polar surface area (TPSA) is 24.4 Å². The van der Waals surface area contributed by atoms with Crippen molar-refractivity contribution < 1.29 is 0 Å². The van der Waals surface area contributed by atoms with E-state index in [2.05, 4.69) is 54.7 Å². The van der Waals surface area contributed by atoms with Crippen LogP contribution < -0.4 is 5.32 Å². The van der Waals surface area contributed by atoms with Crippen LogP contribution in [0.1, 0.15) is 13.8 Å². The molecule has 1 aromatic carbocycles. The molecule has 1 aliphatic heterocycles. The number of rotatable bonds is 2. The van der Waals surface area contributed by atoms with Gasteiger partial charge in [-0.05, 0) is 23.8 Å². The van der Waals surface area contributed by atoms with Gasteiger partial charge in [-0.25, -0.2) is 0 Å². The second-order valence-electron chi connectivity index (χ2n) is 4.90. The number of nitrogens with one attached hydrogen (secondary N) is 1. The number of hydrogen-bond donors (Lipinski definition) is 1. The molecule has 2 nitrogen and oxygen atoms in total. The molecule has 0 saturated heterocycles. The molecule has 0 amide bonds. The third-order valence-electron chi connectivity index (χ3n) is 2.60. The first-order valence-electron chi connectivity index (χ1n) is 5.68. The Morgan fingerprint density at radius 1 is 1.35 bits per heavy atom. The zero-order chi connectivity index (χ0) is 12.3. The van der Waals surface area contributed by atoms with Gasteiger partial charge < -0.3 is 5.32 Å². The van der Waals surface area contributed by atoms with E-state index < -0.39 is 0 Å². The normalized spacial score (nSPS) is 18.6. The molecule has 1 heterocycles. The molecule has 0 radical (unpaired) electrons. The summed E-state index contributed by atoms with van der Waals surface area (Å²) in [5, 5.41) is 4.48. The van der Waals surface area contributed by atoms with Crippen LogP contribution in [-0.2, 0) is 0 Å². The van der Waals surface area contributed by atoms with Crippen LogP contribution in [0.25, 0.3) is 0 Å². The lowest BCUT2D eigenvalue weighted by Gasteiger charge is -2.27. The molecule has 2 rings (SSSR count). The predicted molar refractivity (Wildman–Crippen MR) is 80.4 cm³/mol. The second-order valence-corrected chi connectivity index (χ2v) is 6.71. The molecule has 0 saturated carbocycles. The first kappa shape index (κ1) is 12.8. The molecule has 4 heteroatoms. The first-order chi connectivity index (χ1) is 8.11. The lowest BCUT2D eigenvalue weighted by atomic mass is 9.97. The highest BCUT2D eigenvalue weighted by Gasteiger charge is 2.23. The highest BCUT2D eigenvalue weighted by atomic mass is 32.2. The number of amidine groups is 1. The molecule has 0 unspecified atom stereocenters. The number of aliphatic imine (C=N–C) groups is 1. The maximum Gasteiger partial charge on any atom is 0.161 e. The van der Waals surface area contributed by atoms with Gasteiger partial charge in [0.25, 0.3) is 0 Å². The van der Waals surface area contributed by atoms with Gasteiger partial charge in [0.15, 0.2) is 5.17 Å². The zero-order valence-electron chi connectivity index (χ0n) is 10.5. The van der Waals surface area contributed by atoms with Gasteiger partial charge in [-0.1, -0.05) is 37.7 Å². The fourth-order valence-corrected chi connectivity index (χ4v) is 3.09. The minimum absolute atomic E-state index is 0.328.